The molecule has 12 nitrogen and oxygen atoms in total. The van der Waals surface area contributed by atoms with Gasteiger partial charge in [-0.1, -0.05) is 0 Å². The summed E-state index contributed by atoms with van der Waals surface area (Å²) in [6.07, 6.45) is 1.42. The summed E-state index contributed by atoms with van der Waals surface area (Å²) >= 11 is 0. The molecule has 13 heteroatoms. The van der Waals surface area contributed by atoms with Gasteiger partial charge in [0.25, 0.3) is 5.56 Å². The molecule has 1 N–H and O–H groups in total. The second-order valence-corrected chi connectivity index (χ2v) is 9.98. The Morgan fingerprint density at radius 1 is 1.03 bits per heavy atom. The number of aromatic nitrogens is 4. The summed E-state index contributed by atoms with van der Waals surface area (Å²) in [5.74, 6) is -0.592. The van der Waals surface area contributed by atoms with Crippen LogP contribution in [-0.2, 0) is 35.5 Å². The molecular weight excluding hydrogens is 450 g/mol. The number of hydrogen-bond acceptors (Lipinski definition) is 7. The Morgan fingerprint density at radius 3 is 2.30 bits per heavy atom. The van der Waals surface area contributed by atoms with Gasteiger partial charge in [-0.15, -0.1) is 0 Å². The largest absolute Gasteiger partial charge is 0.332 e. The number of piperazine rings is 1. The van der Waals surface area contributed by atoms with Gasteiger partial charge in [0, 0.05) is 46.0 Å². The number of sulfonamides is 1. The smallest absolute Gasteiger partial charge is 0.328 e. The van der Waals surface area contributed by atoms with Crippen molar-refractivity contribution in [3.8, 4) is 0 Å². The van der Waals surface area contributed by atoms with Crippen molar-refractivity contribution >= 4 is 32.8 Å². The zero-order chi connectivity index (χ0) is 23.9. The second-order valence-electron chi connectivity index (χ2n) is 8.04. The number of fused-ring (bicyclic) bond motifs is 1. The van der Waals surface area contributed by atoms with Crippen LogP contribution < -0.4 is 16.6 Å². The van der Waals surface area contributed by atoms with Crippen LogP contribution in [0.25, 0.3) is 11.2 Å². The van der Waals surface area contributed by atoms with E-state index in [0.29, 0.717) is 31.9 Å². The van der Waals surface area contributed by atoms with Gasteiger partial charge in [-0.25, -0.2) is 22.8 Å². The molecule has 0 spiro atoms. The van der Waals surface area contributed by atoms with Crippen molar-refractivity contribution in [2.45, 2.75) is 11.4 Å². The van der Waals surface area contributed by atoms with E-state index in [0.717, 1.165) is 4.57 Å². The maximum absolute atomic E-state index is 12.8. The second kappa shape index (κ2) is 8.57. The Kier molecular flexibility index (Phi) is 5.95. The Bertz CT molecular complexity index is 1430. The number of aryl methyl sites for hydroxylation is 2. The molecule has 3 aromatic rings. The van der Waals surface area contributed by atoms with Crippen LogP contribution in [0.4, 0.5) is 5.69 Å². The summed E-state index contributed by atoms with van der Waals surface area (Å²) < 4.78 is 30.6. The van der Waals surface area contributed by atoms with Gasteiger partial charge >= 0.3 is 5.69 Å². The van der Waals surface area contributed by atoms with Crippen molar-refractivity contribution in [1.29, 1.82) is 0 Å². The fourth-order valence-corrected chi connectivity index (χ4v) is 5.19. The van der Waals surface area contributed by atoms with E-state index in [1.54, 1.807) is 7.05 Å². The normalized spacial score (nSPS) is 15.7. The quantitative estimate of drug-likeness (QED) is 0.501. The van der Waals surface area contributed by atoms with Gasteiger partial charge in [0.05, 0.1) is 11.2 Å². The van der Waals surface area contributed by atoms with Crippen LogP contribution in [0.1, 0.15) is 0 Å². The minimum atomic E-state index is -3.62. The lowest BCUT2D eigenvalue weighted by Crippen LogP contribution is -2.46. The predicted molar refractivity (Wildman–Crippen MR) is 122 cm³/mol. The third kappa shape index (κ3) is 4.21. The number of rotatable bonds is 5. The van der Waals surface area contributed by atoms with Gasteiger partial charge < -0.3 is 14.8 Å². The number of carbonyl (C=O) groups excluding carboxylic acids is 1. The monoisotopic (exact) mass is 475 g/mol. The minimum Gasteiger partial charge on any atom is -0.328 e. The molecule has 176 valence electrons. The first kappa shape index (κ1) is 22.9. The van der Waals surface area contributed by atoms with Crippen molar-refractivity contribution in [1.82, 2.24) is 27.9 Å². The Hall–Kier alpha value is -3.29. The lowest BCUT2D eigenvalue weighted by atomic mass is 10.3. The minimum absolute atomic E-state index is 0.136. The van der Waals surface area contributed by atoms with E-state index in [1.165, 1.54) is 51.1 Å². The van der Waals surface area contributed by atoms with Crippen molar-refractivity contribution in [3.63, 3.8) is 0 Å². The van der Waals surface area contributed by atoms with Crippen LogP contribution >= 0.6 is 0 Å². The highest BCUT2D eigenvalue weighted by Crippen LogP contribution is 2.19. The molecule has 0 bridgehead atoms. The molecule has 1 aliphatic rings. The van der Waals surface area contributed by atoms with Crippen LogP contribution in [0.5, 0.6) is 0 Å². The number of anilines is 1. The van der Waals surface area contributed by atoms with Gasteiger partial charge in [0.1, 0.15) is 6.54 Å². The molecule has 0 radical (unpaired) electrons. The number of benzene rings is 1. The highest BCUT2D eigenvalue weighted by molar-refractivity contribution is 7.89. The van der Waals surface area contributed by atoms with Crippen LogP contribution in [0.2, 0.25) is 0 Å². The summed E-state index contributed by atoms with van der Waals surface area (Å²) in [7, 11) is 1.43. The molecule has 1 amide bonds. The lowest BCUT2D eigenvalue weighted by Gasteiger charge is -2.31. The molecule has 0 aliphatic carbocycles. The number of nitrogens with zero attached hydrogens (tertiary/aromatic N) is 6. The van der Waals surface area contributed by atoms with E-state index >= 15 is 0 Å². The predicted octanol–water partition coefficient (Wildman–Crippen LogP) is -0.991. The van der Waals surface area contributed by atoms with E-state index in [4.69, 9.17) is 0 Å². The first-order valence-electron chi connectivity index (χ1n) is 10.3. The maximum atomic E-state index is 12.8. The van der Waals surface area contributed by atoms with Gasteiger partial charge in [-0.05, 0) is 31.3 Å². The zero-order valence-electron chi connectivity index (χ0n) is 18.6. The third-order valence-electron chi connectivity index (χ3n) is 5.74. The third-order valence-corrected chi connectivity index (χ3v) is 7.65. The van der Waals surface area contributed by atoms with Crippen molar-refractivity contribution in [2.24, 2.45) is 14.1 Å². The van der Waals surface area contributed by atoms with Crippen molar-refractivity contribution in [2.75, 3.05) is 38.5 Å². The highest BCUT2D eigenvalue weighted by atomic mass is 32.2. The highest BCUT2D eigenvalue weighted by Gasteiger charge is 2.27. The summed E-state index contributed by atoms with van der Waals surface area (Å²) in [4.78, 5) is 44.1. The molecule has 0 atom stereocenters. The van der Waals surface area contributed by atoms with Crippen LogP contribution in [-0.4, -0.2) is 75.4 Å². The zero-order valence-corrected chi connectivity index (χ0v) is 19.4. The molecule has 3 heterocycles. The molecule has 1 aliphatic heterocycles. The molecule has 2 aromatic heterocycles. The van der Waals surface area contributed by atoms with Gasteiger partial charge in [-0.2, -0.15) is 4.31 Å². The maximum Gasteiger partial charge on any atom is 0.332 e. The number of nitrogens with one attached hydrogen (secondary N) is 1. The van der Waals surface area contributed by atoms with Crippen molar-refractivity contribution < 1.29 is 13.2 Å². The Morgan fingerprint density at radius 2 is 1.67 bits per heavy atom. The molecule has 0 unspecified atom stereocenters. The fourth-order valence-electron chi connectivity index (χ4n) is 3.77. The fraction of sp³-hybridized carbons (Fsp3) is 0.400. The van der Waals surface area contributed by atoms with E-state index in [-0.39, 0.29) is 16.1 Å². The number of hydrogen-bond donors (Lipinski definition) is 1. The Balaban J connectivity index is 1.51. The summed E-state index contributed by atoms with van der Waals surface area (Å²) in [5, 5.41) is 2.60. The van der Waals surface area contributed by atoms with E-state index in [9.17, 15) is 22.8 Å². The molecular formula is C20H25N7O5S. The summed E-state index contributed by atoms with van der Waals surface area (Å²) in [6.45, 7) is 1.67. The standard InChI is InChI=1S/C20H25N7O5S/c1-23-8-10-26(11-9-23)33(31,32)15-6-4-14(5-7-15)22-16(28)12-27-19(29)17-18(21-13-24(17)2)25(3)20(27)30/h4-7,13H,8-12H2,1-3H3,(H,22,28). The first-order chi connectivity index (χ1) is 15.6. The summed E-state index contributed by atoms with van der Waals surface area (Å²) in [5.41, 5.74) is -0.472. The average Bonchev–Trinajstić information content (AvgIpc) is 3.17. The van der Waals surface area contributed by atoms with Gasteiger partial charge in [-0.3, -0.25) is 14.2 Å². The lowest BCUT2D eigenvalue weighted by molar-refractivity contribution is -0.116. The van der Waals surface area contributed by atoms with Crippen molar-refractivity contribution in [3.05, 3.63) is 51.4 Å². The number of amides is 1. The summed E-state index contributed by atoms with van der Waals surface area (Å²) in [6, 6.07) is 5.81. The first-order valence-corrected chi connectivity index (χ1v) is 11.7. The molecule has 1 aromatic carbocycles. The van der Waals surface area contributed by atoms with Crippen LogP contribution in [0, 0.1) is 0 Å². The Labute approximate surface area is 189 Å². The number of likely N-dealkylation sites (N-methyl/N-ethyl adjacent to an activating group) is 1. The van der Waals surface area contributed by atoms with E-state index in [2.05, 4.69) is 15.2 Å². The molecule has 1 saturated heterocycles. The van der Waals surface area contributed by atoms with E-state index < -0.39 is 33.7 Å². The molecule has 0 saturated carbocycles. The molecule has 1 fully saturated rings. The van der Waals surface area contributed by atoms with Crippen LogP contribution in [0.15, 0.2) is 45.1 Å². The molecule has 33 heavy (non-hydrogen) atoms. The number of carbonyl (C=O) groups is 1. The van der Waals surface area contributed by atoms with Crippen LogP contribution in [0.3, 0.4) is 0 Å². The SMILES string of the molecule is CN1CCN(S(=O)(=O)c2ccc(NC(=O)Cn3c(=O)c4c(ncn4C)n(C)c3=O)cc2)CC1. The van der Waals surface area contributed by atoms with Gasteiger partial charge in [0.2, 0.25) is 15.9 Å². The van der Waals surface area contributed by atoms with E-state index in [1.807, 2.05) is 7.05 Å². The number of imidazole rings is 1. The average molecular weight is 476 g/mol. The van der Waals surface area contributed by atoms with Gasteiger partial charge in [0.15, 0.2) is 11.2 Å². The molecule has 4 rings (SSSR count). The topological polar surface area (TPSA) is 132 Å².